The number of nitrogens with two attached hydrogens (primary N) is 1. The van der Waals surface area contributed by atoms with E-state index in [4.69, 9.17) is 10.5 Å². The van der Waals surface area contributed by atoms with Crippen molar-refractivity contribution in [2.24, 2.45) is 5.73 Å². The van der Waals surface area contributed by atoms with E-state index in [2.05, 4.69) is 15.3 Å². The molecule has 3 N–H and O–H groups in total. The lowest BCUT2D eigenvalue weighted by atomic mass is 9.78. The number of aromatic nitrogens is 2. The van der Waals surface area contributed by atoms with Crippen molar-refractivity contribution in [1.29, 1.82) is 0 Å². The zero-order valence-corrected chi connectivity index (χ0v) is 16.3. The number of hydrogen-bond donors (Lipinski definition) is 2. The number of hydrogen-bond acceptors (Lipinski definition) is 5. The highest BCUT2D eigenvalue weighted by molar-refractivity contribution is 5.85. The van der Waals surface area contributed by atoms with Crippen molar-refractivity contribution in [2.75, 3.05) is 19.0 Å². The molecular formula is C18H25Cl2FN4O. The molecule has 1 aliphatic carbocycles. The van der Waals surface area contributed by atoms with Crippen LogP contribution in [-0.2, 0) is 17.8 Å². The lowest BCUT2D eigenvalue weighted by Crippen LogP contribution is -2.35. The van der Waals surface area contributed by atoms with E-state index < -0.39 is 0 Å². The fourth-order valence-electron chi connectivity index (χ4n) is 2.94. The predicted molar refractivity (Wildman–Crippen MR) is 106 cm³/mol. The second kappa shape index (κ2) is 10.6. The fourth-order valence-corrected chi connectivity index (χ4v) is 2.94. The van der Waals surface area contributed by atoms with Gasteiger partial charge in [0.15, 0.2) is 5.82 Å². The minimum absolute atomic E-state index is 0. The number of benzene rings is 1. The predicted octanol–water partition coefficient (Wildman–Crippen LogP) is 3.47. The summed E-state index contributed by atoms with van der Waals surface area (Å²) in [6, 6.07) is 9.06. The fraction of sp³-hybridized carbons (Fsp3) is 0.444. The summed E-state index contributed by atoms with van der Waals surface area (Å²) in [5, 5.41) is 3.27. The average Bonchev–Trinajstić information content (AvgIpc) is 2.54. The average molecular weight is 403 g/mol. The first-order chi connectivity index (χ1) is 11.7. The van der Waals surface area contributed by atoms with Gasteiger partial charge in [-0.15, -0.1) is 24.8 Å². The van der Waals surface area contributed by atoms with Crippen LogP contribution in [0.5, 0.6) is 0 Å². The Morgan fingerprint density at radius 1 is 1.23 bits per heavy atom. The standard InChI is InChI=1S/C18H23FN4O.2ClH/c1-24-11-18-22-16(13-8-14(20)9-13)10-17(23-18)21-7-6-12-4-2-3-5-15(12)19;;/h2-5,10,13-14H,6-9,11,20H2,1H3,(H,21,22,23);2*1H. The minimum atomic E-state index is -0.175. The van der Waals surface area contributed by atoms with Crippen LogP contribution >= 0.6 is 24.8 Å². The Balaban J connectivity index is 0.00000169. The van der Waals surface area contributed by atoms with Gasteiger partial charge in [-0.2, -0.15) is 0 Å². The molecule has 0 saturated heterocycles. The molecule has 1 saturated carbocycles. The molecule has 0 radical (unpaired) electrons. The second-order valence-electron chi connectivity index (χ2n) is 6.22. The Bertz CT molecular complexity index is 699. The molecule has 8 heteroatoms. The normalized spacial score (nSPS) is 18.3. The number of nitrogens with zero attached hydrogens (tertiary/aromatic N) is 2. The Hall–Kier alpha value is -1.47. The van der Waals surface area contributed by atoms with Crippen molar-refractivity contribution in [1.82, 2.24) is 9.97 Å². The molecule has 1 heterocycles. The summed E-state index contributed by atoms with van der Waals surface area (Å²) in [5.41, 5.74) is 7.58. The topological polar surface area (TPSA) is 73.1 Å². The molecule has 5 nitrogen and oxygen atoms in total. The first-order valence-electron chi connectivity index (χ1n) is 8.25. The molecule has 0 spiro atoms. The zero-order valence-electron chi connectivity index (χ0n) is 14.7. The van der Waals surface area contributed by atoms with E-state index in [0.29, 0.717) is 36.9 Å². The van der Waals surface area contributed by atoms with Crippen molar-refractivity contribution in [3.05, 3.63) is 53.2 Å². The van der Waals surface area contributed by atoms with E-state index in [1.165, 1.54) is 6.07 Å². The number of rotatable bonds is 7. The van der Waals surface area contributed by atoms with Gasteiger partial charge in [-0.05, 0) is 30.9 Å². The summed E-state index contributed by atoms with van der Waals surface area (Å²) in [4.78, 5) is 9.03. The van der Waals surface area contributed by atoms with Gasteiger partial charge in [-0.1, -0.05) is 18.2 Å². The molecule has 1 aromatic carbocycles. The van der Waals surface area contributed by atoms with E-state index >= 15 is 0 Å². The number of halogens is 3. The first-order valence-corrected chi connectivity index (χ1v) is 8.25. The zero-order chi connectivity index (χ0) is 16.9. The van der Waals surface area contributed by atoms with Gasteiger partial charge in [0.1, 0.15) is 18.2 Å². The van der Waals surface area contributed by atoms with E-state index in [9.17, 15) is 4.39 Å². The molecular weight excluding hydrogens is 378 g/mol. The summed E-state index contributed by atoms with van der Waals surface area (Å²) in [6.45, 7) is 0.975. The molecule has 1 aromatic heterocycles. The van der Waals surface area contributed by atoms with Crippen molar-refractivity contribution in [3.63, 3.8) is 0 Å². The molecule has 0 amide bonds. The maximum Gasteiger partial charge on any atom is 0.156 e. The molecule has 1 aliphatic rings. The van der Waals surface area contributed by atoms with Crippen molar-refractivity contribution in [3.8, 4) is 0 Å². The molecule has 0 atom stereocenters. The van der Waals surface area contributed by atoms with Gasteiger partial charge >= 0.3 is 0 Å². The molecule has 1 fully saturated rings. The molecule has 0 unspecified atom stereocenters. The van der Waals surface area contributed by atoms with E-state index in [0.717, 1.165) is 24.4 Å². The summed E-state index contributed by atoms with van der Waals surface area (Å²) in [5.74, 6) is 1.63. The van der Waals surface area contributed by atoms with Crippen LogP contribution in [0.4, 0.5) is 10.2 Å². The van der Waals surface area contributed by atoms with Gasteiger partial charge < -0.3 is 15.8 Å². The molecule has 3 rings (SSSR count). The van der Waals surface area contributed by atoms with E-state index in [1.807, 2.05) is 12.1 Å². The molecule has 144 valence electrons. The number of methoxy groups -OCH3 is 1. The van der Waals surface area contributed by atoms with Crippen LogP contribution in [0, 0.1) is 5.82 Å². The quantitative estimate of drug-likeness (QED) is 0.741. The summed E-state index contributed by atoms with van der Waals surface area (Å²) < 4.78 is 18.8. The lowest BCUT2D eigenvalue weighted by Gasteiger charge is -2.32. The minimum Gasteiger partial charge on any atom is -0.377 e. The van der Waals surface area contributed by atoms with Crippen LogP contribution in [0.2, 0.25) is 0 Å². The van der Waals surface area contributed by atoms with Crippen molar-refractivity contribution >= 4 is 30.6 Å². The third-order valence-corrected chi connectivity index (χ3v) is 4.32. The molecule has 2 aromatic rings. The van der Waals surface area contributed by atoms with Gasteiger partial charge in [-0.3, -0.25) is 0 Å². The van der Waals surface area contributed by atoms with Gasteiger partial charge in [0.05, 0.1) is 0 Å². The smallest absolute Gasteiger partial charge is 0.156 e. The number of anilines is 1. The van der Waals surface area contributed by atoms with Crippen LogP contribution in [0.1, 0.15) is 35.8 Å². The highest BCUT2D eigenvalue weighted by Gasteiger charge is 2.29. The number of ether oxygens (including phenoxy) is 1. The van der Waals surface area contributed by atoms with Crippen LogP contribution < -0.4 is 11.1 Å². The summed E-state index contributed by atoms with van der Waals surface area (Å²) >= 11 is 0. The van der Waals surface area contributed by atoms with Gasteiger partial charge in [0.25, 0.3) is 0 Å². The summed E-state index contributed by atoms with van der Waals surface area (Å²) in [6.07, 6.45) is 2.51. The van der Waals surface area contributed by atoms with Crippen LogP contribution in [-0.4, -0.2) is 29.7 Å². The first kappa shape index (κ1) is 22.6. The van der Waals surface area contributed by atoms with Crippen LogP contribution in [0.25, 0.3) is 0 Å². The second-order valence-corrected chi connectivity index (χ2v) is 6.22. The Kier molecular flexibility index (Phi) is 9.22. The highest BCUT2D eigenvalue weighted by Crippen LogP contribution is 2.35. The Morgan fingerprint density at radius 2 is 1.96 bits per heavy atom. The highest BCUT2D eigenvalue weighted by atomic mass is 35.5. The maximum atomic E-state index is 13.7. The van der Waals surface area contributed by atoms with E-state index in [1.54, 1.807) is 19.2 Å². The summed E-state index contributed by atoms with van der Waals surface area (Å²) in [7, 11) is 1.63. The van der Waals surface area contributed by atoms with Crippen LogP contribution in [0.3, 0.4) is 0 Å². The third-order valence-electron chi connectivity index (χ3n) is 4.32. The molecule has 26 heavy (non-hydrogen) atoms. The number of nitrogens with one attached hydrogen (secondary N) is 1. The van der Waals surface area contributed by atoms with Gasteiger partial charge in [-0.25, -0.2) is 14.4 Å². The maximum absolute atomic E-state index is 13.7. The largest absolute Gasteiger partial charge is 0.377 e. The van der Waals surface area contributed by atoms with Gasteiger partial charge in [0, 0.05) is 37.4 Å². The Labute approximate surface area is 165 Å². The lowest BCUT2D eigenvalue weighted by molar-refractivity contribution is 0.177. The van der Waals surface area contributed by atoms with Crippen molar-refractivity contribution < 1.29 is 9.13 Å². The molecule has 0 bridgehead atoms. The van der Waals surface area contributed by atoms with E-state index in [-0.39, 0.29) is 36.7 Å². The van der Waals surface area contributed by atoms with Crippen LogP contribution in [0.15, 0.2) is 30.3 Å². The monoisotopic (exact) mass is 402 g/mol. The van der Waals surface area contributed by atoms with Crippen molar-refractivity contribution in [2.45, 2.75) is 37.8 Å². The Morgan fingerprint density at radius 3 is 2.62 bits per heavy atom. The molecule has 0 aliphatic heterocycles. The van der Waals surface area contributed by atoms with Gasteiger partial charge in [0.2, 0.25) is 0 Å². The third kappa shape index (κ3) is 5.77. The SMILES string of the molecule is COCc1nc(NCCc2ccccc2F)cc(C2CC(N)C2)n1.Cl.Cl.